The van der Waals surface area contributed by atoms with Crippen LogP contribution in [0.25, 0.3) is 0 Å². The number of allylic oxidation sites excluding steroid dienone is 1. The molecule has 0 aromatic heterocycles. The van der Waals surface area contributed by atoms with E-state index in [-0.39, 0.29) is 5.92 Å². The minimum Gasteiger partial charge on any atom is -0.207 e. The highest BCUT2D eigenvalue weighted by Gasteiger charge is 2.13. The first-order valence-electron chi connectivity index (χ1n) is 5.16. The third-order valence-electron chi connectivity index (χ3n) is 2.46. The molecule has 0 spiro atoms. The number of hydrogen-bond acceptors (Lipinski definition) is 0. The molecule has 0 aliphatic rings. The fraction of sp³-hybridized carbons (Fsp3) is 0.385. The normalized spacial score (nSPS) is 12.5. The fourth-order valence-electron chi connectivity index (χ4n) is 1.76. The first kappa shape index (κ1) is 11.9. The van der Waals surface area contributed by atoms with Crippen LogP contribution in [0.4, 0.5) is 8.78 Å². The molecular formula is C13H16F2. The zero-order valence-electron chi connectivity index (χ0n) is 9.19. The Labute approximate surface area is 89.6 Å². The minimum absolute atomic E-state index is 0.0557. The molecular weight excluding hydrogens is 194 g/mol. The van der Waals surface area contributed by atoms with Gasteiger partial charge in [0.05, 0.1) is 0 Å². The fourth-order valence-corrected chi connectivity index (χ4v) is 1.76. The molecule has 82 valence electrons. The van der Waals surface area contributed by atoms with Crippen LogP contribution in [0, 0.1) is 11.6 Å². The average molecular weight is 210 g/mol. The number of halogens is 2. The van der Waals surface area contributed by atoms with Crippen molar-refractivity contribution in [1.82, 2.24) is 0 Å². The molecule has 0 saturated heterocycles. The molecule has 0 fully saturated rings. The van der Waals surface area contributed by atoms with Crippen molar-refractivity contribution in [2.75, 3.05) is 0 Å². The monoisotopic (exact) mass is 210 g/mol. The quantitative estimate of drug-likeness (QED) is 0.645. The minimum atomic E-state index is -0.521. The molecule has 2 heteroatoms. The van der Waals surface area contributed by atoms with Crippen molar-refractivity contribution in [2.24, 2.45) is 0 Å². The van der Waals surface area contributed by atoms with Gasteiger partial charge in [0.15, 0.2) is 0 Å². The number of hydrogen-bond donors (Lipinski definition) is 0. The van der Waals surface area contributed by atoms with E-state index >= 15 is 0 Å². The van der Waals surface area contributed by atoms with E-state index in [1.807, 2.05) is 13.8 Å². The third kappa shape index (κ3) is 3.15. The molecule has 0 N–H and O–H groups in total. The largest absolute Gasteiger partial charge is 0.207 e. The Morgan fingerprint density at radius 2 is 1.80 bits per heavy atom. The van der Waals surface area contributed by atoms with Crippen molar-refractivity contribution in [3.63, 3.8) is 0 Å². The molecule has 15 heavy (non-hydrogen) atoms. The summed E-state index contributed by atoms with van der Waals surface area (Å²) in [5.74, 6) is -0.986. The molecule has 0 aliphatic carbocycles. The Bertz CT molecular complexity index is 335. The van der Waals surface area contributed by atoms with Crippen molar-refractivity contribution >= 4 is 0 Å². The summed E-state index contributed by atoms with van der Waals surface area (Å²) in [6, 6.07) is 3.67. The summed E-state index contributed by atoms with van der Waals surface area (Å²) in [6.07, 6.45) is 1.84. The molecule has 0 saturated carbocycles. The lowest BCUT2D eigenvalue weighted by atomic mass is 9.89. The molecule has 0 heterocycles. The second-order valence-electron chi connectivity index (χ2n) is 3.89. The third-order valence-corrected chi connectivity index (χ3v) is 2.46. The summed E-state index contributed by atoms with van der Waals surface area (Å²) in [6.45, 7) is 7.80. The van der Waals surface area contributed by atoms with E-state index in [0.29, 0.717) is 5.56 Å². The molecule has 0 radical (unpaired) electrons. The van der Waals surface area contributed by atoms with Crippen molar-refractivity contribution < 1.29 is 8.78 Å². The van der Waals surface area contributed by atoms with E-state index < -0.39 is 11.6 Å². The Morgan fingerprint density at radius 3 is 2.20 bits per heavy atom. The van der Waals surface area contributed by atoms with Gasteiger partial charge in [0.2, 0.25) is 0 Å². The lowest BCUT2D eigenvalue weighted by Crippen LogP contribution is -2.01. The van der Waals surface area contributed by atoms with Crippen LogP contribution in [0.15, 0.2) is 30.4 Å². The summed E-state index contributed by atoms with van der Waals surface area (Å²) in [5.41, 5.74) is 1.63. The van der Waals surface area contributed by atoms with Crippen LogP contribution >= 0.6 is 0 Å². The van der Waals surface area contributed by atoms with Gasteiger partial charge in [-0.2, -0.15) is 0 Å². The highest BCUT2D eigenvalue weighted by Crippen LogP contribution is 2.28. The summed E-state index contributed by atoms with van der Waals surface area (Å²) in [7, 11) is 0. The summed E-state index contributed by atoms with van der Waals surface area (Å²) < 4.78 is 26.0. The van der Waals surface area contributed by atoms with Crippen LogP contribution < -0.4 is 0 Å². The van der Waals surface area contributed by atoms with E-state index in [1.165, 1.54) is 12.1 Å². The van der Waals surface area contributed by atoms with Crippen molar-refractivity contribution in [1.29, 1.82) is 0 Å². The summed E-state index contributed by atoms with van der Waals surface area (Å²) in [5, 5.41) is 0. The lowest BCUT2D eigenvalue weighted by Gasteiger charge is -2.16. The zero-order chi connectivity index (χ0) is 11.4. The van der Waals surface area contributed by atoms with Crippen LogP contribution in [0.1, 0.15) is 38.2 Å². The number of rotatable bonds is 4. The molecule has 0 aliphatic heterocycles. The molecule has 1 aromatic rings. The molecule has 0 nitrogen and oxygen atoms in total. The Hall–Kier alpha value is -1.18. The molecule has 1 unspecified atom stereocenters. The highest BCUT2D eigenvalue weighted by atomic mass is 19.1. The van der Waals surface area contributed by atoms with Gasteiger partial charge in [-0.05, 0) is 31.0 Å². The number of benzene rings is 1. The van der Waals surface area contributed by atoms with Gasteiger partial charge in [-0.1, -0.05) is 25.5 Å². The molecule has 0 bridgehead atoms. The van der Waals surface area contributed by atoms with E-state index in [0.717, 1.165) is 24.5 Å². The van der Waals surface area contributed by atoms with Gasteiger partial charge in [-0.15, -0.1) is 0 Å². The maximum Gasteiger partial charge on any atom is 0.126 e. The molecule has 1 rings (SSSR count). The van der Waals surface area contributed by atoms with Crippen LogP contribution in [-0.4, -0.2) is 0 Å². The van der Waals surface area contributed by atoms with Crippen molar-refractivity contribution in [3.05, 3.63) is 47.5 Å². The van der Waals surface area contributed by atoms with Crippen molar-refractivity contribution in [2.45, 2.75) is 32.6 Å². The maximum atomic E-state index is 13.0. The predicted molar refractivity (Wildman–Crippen MR) is 58.8 cm³/mol. The van der Waals surface area contributed by atoms with Gasteiger partial charge in [0.25, 0.3) is 0 Å². The molecule has 1 aromatic carbocycles. The lowest BCUT2D eigenvalue weighted by molar-refractivity contribution is 0.573. The van der Waals surface area contributed by atoms with Crippen LogP contribution in [0.3, 0.4) is 0 Å². The Kier molecular flexibility index (Phi) is 4.01. The van der Waals surface area contributed by atoms with E-state index in [2.05, 4.69) is 6.58 Å². The topological polar surface area (TPSA) is 0 Å². The summed E-state index contributed by atoms with van der Waals surface area (Å²) >= 11 is 0. The molecule has 1 atom stereocenters. The van der Waals surface area contributed by atoms with Crippen LogP contribution in [0.5, 0.6) is 0 Å². The van der Waals surface area contributed by atoms with Gasteiger partial charge < -0.3 is 0 Å². The second kappa shape index (κ2) is 5.06. The van der Waals surface area contributed by atoms with Crippen LogP contribution in [-0.2, 0) is 0 Å². The van der Waals surface area contributed by atoms with Crippen LogP contribution in [0.2, 0.25) is 0 Å². The van der Waals surface area contributed by atoms with Gasteiger partial charge in [0, 0.05) is 12.0 Å². The smallest absolute Gasteiger partial charge is 0.126 e. The van der Waals surface area contributed by atoms with Gasteiger partial charge in [-0.25, -0.2) is 8.78 Å². The SMILES string of the molecule is C=C(C)C(CCC)c1cc(F)cc(F)c1. The van der Waals surface area contributed by atoms with Gasteiger partial charge >= 0.3 is 0 Å². The van der Waals surface area contributed by atoms with E-state index in [9.17, 15) is 8.78 Å². The maximum absolute atomic E-state index is 13.0. The highest BCUT2D eigenvalue weighted by molar-refractivity contribution is 5.28. The zero-order valence-corrected chi connectivity index (χ0v) is 9.19. The first-order valence-corrected chi connectivity index (χ1v) is 5.16. The second-order valence-corrected chi connectivity index (χ2v) is 3.89. The summed E-state index contributed by atoms with van der Waals surface area (Å²) in [4.78, 5) is 0. The average Bonchev–Trinajstić information content (AvgIpc) is 2.11. The standard InChI is InChI=1S/C13H16F2/c1-4-5-13(9(2)3)10-6-11(14)8-12(15)7-10/h6-8,13H,2,4-5H2,1,3H3. The Balaban J connectivity index is 3.05. The first-order chi connectivity index (χ1) is 7.04. The predicted octanol–water partition coefficient (Wildman–Crippen LogP) is 4.42. The van der Waals surface area contributed by atoms with Gasteiger partial charge in [-0.3, -0.25) is 0 Å². The van der Waals surface area contributed by atoms with E-state index in [1.54, 1.807) is 0 Å². The molecule has 0 amide bonds. The Morgan fingerprint density at radius 1 is 1.27 bits per heavy atom. The van der Waals surface area contributed by atoms with E-state index in [4.69, 9.17) is 0 Å². The van der Waals surface area contributed by atoms with Crippen molar-refractivity contribution in [3.8, 4) is 0 Å². The van der Waals surface area contributed by atoms with Gasteiger partial charge in [0.1, 0.15) is 11.6 Å².